The maximum Gasteiger partial charge on any atom is 0.320 e. The molecule has 0 aliphatic carbocycles. The van der Waals surface area contributed by atoms with E-state index < -0.39 is 4.92 Å². The molecule has 2 aromatic rings. The Bertz CT molecular complexity index is 658. The van der Waals surface area contributed by atoms with Crippen LogP contribution >= 0.6 is 11.8 Å². The third-order valence-corrected chi connectivity index (χ3v) is 3.74. The van der Waals surface area contributed by atoms with E-state index in [9.17, 15) is 10.1 Å². The van der Waals surface area contributed by atoms with Crippen LogP contribution in [-0.2, 0) is 7.05 Å². The Morgan fingerprint density at radius 2 is 2.24 bits per heavy atom. The highest BCUT2D eigenvalue weighted by Crippen LogP contribution is 2.32. The third-order valence-electron chi connectivity index (χ3n) is 2.71. The summed E-state index contributed by atoms with van der Waals surface area (Å²) in [5.41, 5.74) is -0.150. The predicted octanol–water partition coefficient (Wildman–Crippen LogP) is 1.79. The lowest BCUT2D eigenvalue weighted by Gasteiger charge is -2.05. The standard InChI is InChI=1S/C11H15N7O2S/c1-4-5-12-10-13-6-8(18(19)20)9(14-10)21-11-16-15-7(2)17(11)3/h6H,4-5H2,1-3H3,(H,12,13,14). The van der Waals surface area contributed by atoms with Crippen LogP contribution in [-0.4, -0.2) is 36.2 Å². The first kappa shape index (κ1) is 15.2. The molecule has 0 saturated carbocycles. The molecule has 112 valence electrons. The van der Waals surface area contributed by atoms with Crippen LogP contribution in [0.15, 0.2) is 16.4 Å². The lowest BCUT2D eigenvalue weighted by molar-refractivity contribution is -0.388. The van der Waals surface area contributed by atoms with Crippen LogP contribution in [0.5, 0.6) is 0 Å². The molecule has 0 amide bonds. The van der Waals surface area contributed by atoms with Gasteiger partial charge in [0, 0.05) is 13.6 Å². The number of hydrogen-bond donors (Lipinski definition) is 1. The smallest absolute Gasteiger partial charge is 0.320 e. The monoisotopic (exact) mass is 309 g/mol. The van der Waals surface area contributed by atoms with Crippen LogP contribution in [0.3, 0.4) is 0 Å². The summed E-state index contributed by atoms with van der Waals surface area (Å²) >= 11 is 1.09. The summed E-state index contributed by atoms with van der Waals surface area (Å²) in [6.45, 7) is 4.51. The molecule has 0 bridgehead atoms. The molecule has 0 aliphatic heterocycles. The minimum Gasteiger partial charge on any atom is -0.354 e. The number of nitrogens with zero attached hydrogens (tertiary/aromatic N) is 6. The van der Waals surface area contributed by atoms with E-state index in [0.29, 0.717) is 17.6 Å². The van der Waals surface area contributed by atoms with Gasteiger partial charge < -0.3 is 9.88 Å². The SMILES string of the molecule is CCCNc1ncc([N+](=O)[O-])c(Sc2nnc(C)n2C)n1. The number of nitro groups is 1. The summed E-state index contributed by atoms with van der Waals surface area (Å²) in [6, 6.07) is 0. The summed E-state index contributed by atoms with van der Waals surface area (Å²) in [5, 5.41) is 22.8. The second-order valence-electron chi connectivity index (χ2n) is 4.26. The first-order chi connectivity index (χ1) is 10.0. The normalized spacial score (nSPS) is 10.6. The Morgan fingerprint density at radius 1 is 1.48 bits per heavy atom. The fraction of sp³-hybridized carbons (Fsp3) is 0.455. The van der Waals surface area contributed by atoms with Gasteiger partial charge in [-0.2, -0.15) is 4.98 Å². The van der Waals surface area contributed by atoms with Gasteiger partial charge in [0.2, 0.25) is 5.95 Å². The third kappa shape index (κ3) is 3.45. The molecule has 2 heterocycles. The van der Waals surface area contributed by atoms with Gasteiger partial charge in [0.1, 0.15) is 12.0 Å². The number of aryl methyl sites for hydroxylation is 1. The molecular weight excluding hydrogens is 294 g/mol. The molecule has 0 unspecified atom stereocenters. The number of aromatic nitrogens is 5. The van der Waals surface area contributed by atoms with Crippen LogP contribution in [0.1, 0.15) is 19.2 Å². The Kier molecular flexibility index (Phi) is 4.68. The van der Waals surface area contributed by atoms with Crippen LogP contribution in [0, 0.1) is 17.0 Å². The zero-order valence-corrected chi connectivity index (χ0v) is 12.7. The topological polar surface area (TPSA) is 112 Å². The minimum atomic E-state index is -0.505. The lowest BCUT2D eigenvalue weighted by Crippen LogP contribution is -2.06. The Morgan fingerprint density at radius 3 is 2.81 bits per heavy atom. The molecule has 0 spiro atoms. The van der Waals surface area contributed by atoms with Crippen molar-refractivity contribution in [2.75, 3.05) is 11.9 Å². The second-order valence-corrected chi connectivity index (χ2v) is 5.21. The maximum absolute atomic E-state index is 11.1. The molecule has 0 saturated heterocycles. The largest absolute Gasteiger partial charge is 0.354 e. The fourth-order valence-corrected chi connectivity index (χ4v) is 2.33. The number of rotatable bonds is 6. The molecule has 0 fully saturated rings. The highest BCUT2D eigenvalue weighted by Gasteiger charge is 2.20. The van der Waals surface area contributed by atoms with E-state index in [1.54, 1.807) is 18.5 Å². The highest BCUT2D eigenvalue weighted by molar-refractivity contribution is 7.99. The number of anilines is 1. The molecule has 0 aromatic carbocycles. The number of hydrogen-bond acceptors (Lipinski definition) is 8. The number of nitrogens with one attached hydrogen (secondary N) is 1. The molecule has 0 radical (unpaired) electrons. The van der Waals surface area contributed by atoms with E-state index >= 15 is 0 Å². The lowest BCUT2D eigenvalue weighted by atomic mass is 10.5. The van der Waals surface area contributed by atoms with Gasteiger partial charge in [-0.1, -0.05) is 6.92 Å². The van der Waals surface area contributed by atoms with E-state index in [0.717, 1.165) is 24.0 Å². The van der Waals surface area contributed by atoms with Crippen molar-refractivity contribution in [2.45, 2.75) is 30.5 Å². The van der Waals surface area contributed by atoms with Crippen molar-refractivity contribution in [3.8, 4) is 0 Å². The Hall–Kier alpha value is -2.23. The molecule has 21 heavy (non-hydrogen) atoms. The summed E-state index contributed by atoms with van der Waals surface area (Å²) < 4.78 is 1.75. The van der Waals surface area contributed by atoms with Crippen molar-refractivity contribution in [1.29, 1.82) is 0 Å². The van der Waals surface area contributed by atoms with Crippen molar-refractivity contribution in [3.63, 3.8) is 0 Å². The van der Waals surface area contributed by atoms with E-state index in [4.69, 9.17) is 0 Å². The molecule has 1 N–H and O–H groups in total. The maximum atomic E-state index is 11.1. The van der Waals surface area contributed by atoms with Crippen LogP contribution < -0.4 is 5.32 Å². The van der Waals surface area contributed by atoms with Crippen LogP contribution in [0.25, 0.3) is 0 Å². The van der Waals surface area contributed by atoms with Gasteiger partial charge in [-0.25, -0.2) is 4.98 Å². The highest BCUT2D eigenvalue weighted by atomic mass is 32.2. The minimum absolute atomic E-state index is 0.150. The van der Waals surface area contributed by atoms with Crippen molar-refractivity contribution >= 4 is 23.4 Å². The van der Waals surface area contributed by atoms with Gasteiger partial charge in [0.05, 0.1) is 4.92 Å². The van der Waals surface area contributed by atoms with E-state index in [-0.39, 0.29) is 10.7 Å². The first-order valence-corrected chi connectivity index (χ1v) is 7.13. The van der Waals surface area contributed by atoms with Gasteiger partial charge >= 0.3 is 5.69 Å². The van der Waals surface area contributed by atoms with Gasteiger partial charge in [-0.3, -0.25) is 10.1 Å². The molecule has 10 heteroatoms. The first-order valence-electron chi connectivity index (χ1n) is 6.32. The van der Waals surface area contributed by atoms with E-state index in [1.165, 1.54) is 6.20 Å². The molecular formula is C11H15N7O2S. The van der Waals surface area contributed by atoms with Gasteiger partial charge in [0.25, 0.3) is 0 Å². The van der Waals surface area contributed by atoms with Crippen molar-refractivity contribution in [1.82, 2.24) is 24.7 Å². The van der Waals surface area contributed by atoms with Crippen molar-refractivity contribution < 1.29 is 4.92 Å². The van der Waals surface area contributed by atoms with Crippen molar-refractivity contribution in [2.24, 2.45) is 7.05 Å². The molecule has 0 atom stereocenters. The zero-order chi connectivity index (χ0) is 15.4. The Balaban J connectivity index is 2.34. The Labute approximate surface area is 125 Å². The van der Waals surface area contributed by atoms with Gasteiger partial charge in [0.15, 0.2) is 10.2 Å². The van der Waals surface area contributed by atoms with E-state index in [1.807, 2.05) is 6.92 Å². The quantitative estimate of drug-likeness (QED) is 0.488. The zero-order valence-electron chi connectivity index (χ0n) is 11.9. The molecule has 2 aromatic heterocycles. The average Bonchev–Trinajstić information content (AvgIpc) is 2.77. The summed E-state index contributed by atoms with van der Waals surface area (Å²) in [7, 11) is 1.79. The molecule has 9 nitrogen and oxygen atoms in total. The molecule has 2 rings (SSSR count). The average molecular weight is 309 g/mol. The fourth-order valence-electron chi connectivity index (χ4n) is 1.45. The summed E-state index contributed by atoms with van der Waals surface area (Å²) in [4.78, 5) is 18.7. The van der Waals surface area contributed by atoms with Gasteiger partial charge in [-0.15, -0.1) is 10.2 Å². The summed E-state index contributed by atoms with van der Waals surface area (Å²) in [5.74, 6) is 1.09. The van der Waals surface area contributed by atoms with Crippen molar-refractivity contribution in [3.05, 3.63) is 22.1 Å². The summed E-state index contributed by atoms with van der Waals surface area (Å²) in [6.07, 6.45) is 2.11. The van der Waals surface area contributed by atoms with E-state index in [2.05, 4.69) is 25.5 Å². The van der Waals surface area contributed by atoms with Gasteiger partial charge in [-0.05, 0) is 25.1 Å². The van der Waals surface area contributed by atoms with Crippen LogP contribution in [0.2, 0.25) is 0 Å². The second kappa shape index (κ2) is 6.48. The molecule has 0 aliphatic rings. The van der Waals surface area contributed by atoms with Crippen LogP contribution in [0.4, 0.5) is 11.6 Å². The predicted molar refractivity (Wildman–Crippen MR) is 77.3 cm³/mol.